The summed E-state index contributed by atoms with van der Waals surface area (Å²) in [7, 11) is -1.63. The van der Waals surface area contributed by atoms with Crippen LogP contribution in [-0.4, -0.2) is 50.5 Å². The van der Waals surface area contributed by atoms with Crippen LogP contribution >= 0.6 is 0 Å². The molecule has 0 unspecified atom stereocenters. The SMILES string of the molecule is COC(=O)c1[nH]c(CN2NS(=O)(=O)c3ccccc3C2=O)c(C(=O)OC)c1C. The first-order valence-corrected chi connectivity index (χ1v) is 9.51. The molecule has 0 saturated heterocycles. The van der Waals surface area contributed by atoms with E-state index in [4.69, 9.17) is 4.74 Å². The first-order valence-electron chi connectivity index (χ1n) is 8.02. The van der Waals surface area contributed by atoms with Gasteiger partial charge in [0.25, 0.3) is 15.9 Å². The van der Waals surface area contributed by atoms with Crippen LogP contribution in [0.1, 0.15) is 42.5 Å². The van der Waals surface area contributed by atoms with Crippen molar-refractivity contribution in [3.63, 3.8) is 0 Å². The molecule has 0 radical (unpaired) electrons. The second kappa shape index (κ2) is 7.09. The van der Waals surface area contributed by atoms with Gasteiger partial charge < -0.3 is 14.5 Å². The minimum Gasteiger partial charge on any atom is -0.465 e. The van der Waals surface area contributed by atoms with Crippen LogP contribution in [0.25, 0.3) is 0 Å². The molecule has 0 bridgehead atoms. The van der Waals surface area contributed by atoms with Crippen molar-refractivity contribution < 1.29 is 32.3 Å². The summed E-state index contributed by atoms with van der Waals surface area (Å²) in [6.07, 6.45) is 0. The van der Waals surface area contributed by atoms with Crippen LogP contribution in [-0.2, 0) is 26.0 Å². The number of carbonyl (C=O) groups excluding carboxylic acids is 3. The summed E-state index contributed by atoms with van der Waals surface area (Å²) in [6, 6.07) is 5.77. The molecule has 2 heterocycles. The lowest BCUT2D eigenvalue weighted by molar-refractivity contribution is 0.0588. The fourth-order valence-corrected chi connectivity index (χ4v) is 4.22. The van der Waals surface area contributed by atoms with Gasteiger partial charge in [0.2, 0.25) is 0 Å². The number of ether oxygens (including phenoxy) is 2. The number of hydrogen-bond donors (Lipinski definition) is 2. The summed E-state index contributed by atoms with van der Waals surface area (Å²) in [5.74, 6) is -2.07. The molecule has 2 N–H and O–H groups in total. The highest BCUT2D eigenvalue weighted by atomic mass is 32.2. The number of carbonyl (C=O) groups is 3. The van der Waals surface area contributed by atoms with Crippen molar-refractivity contribution in [2.45, 2.75) is 18.4 Å². The first-order chi connectivity index (χ1) is 13.2. The number of hydrazine groups is 1. The van der Waals surface area contributed by atoms with Crippen LogP contribution in [0.15, 0.2) is 29.2 Å². The molecule has 1 aromatic carbocycles. The van der Waals surface area contributed by atoms with E-state index < -0.39 is 27.9 Å². The number of H-pyrrole nitrogens is 1. The van der Waals surface area contributed by atoms with Crippen molar-refractivity contribution >= 4 is 27.9 Å². The van der Waals surface area contributed by atoms with Crippen LogP contribution in [0.5, 0.6) is 0 Å². The summed E-state index contributed by atoms with van der Waals surface area (Å²) in [4.78, 5) is 41.6. The largest absolute Gasteiger partial charge is 0.465 e. The second-order valence-corrected chi connectivity index (χ2v) is 7.57. The number of fused-ring (bicyclic) bond motifs is 1. The van der Waals surface area contributed by atoms with E-state index in [1.54, 1.807) is 6.07 Å². The predicted octanol–water partition coefficient (Wildman–Crippen LogP) is 0.746. The van der Waals surface area contributed by atoms with E-state index in [-0.39, 0.29) is 39.5 Å². The average Bonchev–Trinajstić information content (AvgIpc) is 3.00. The van der Waals surface area contributed by atoms with Crippen molar-refractivity contribution in [3.8, 4) is 0 Å². The van der Waals surface area contributed by atoms with Gasteiger partial charge >= 0.3 is 11.9 Å². The lowest BCUT2D eigenvalue weighted by Crippen LogP contribution is -2.50. The highest BCUT2D eigenvalue weighted by Gasteiger charge is 2.35. The van der Waals surface area contributed by atoms with E-state index in [2.05, 4.69) is 14.6 Å². The molecule has 0 fully saturated rings. The average molecular weight is 407 g/mol. The number of aromatic nitrogens is 1. The summed E-state index contributed by atoms with van der Waals surface area (Å²) < 4.78 is 34.3. The van der Waals surface area contributed by atoms with Crippen molar-refractivity contribution in [3.05, 3.63) is 52.3 Å². The minimum absolute atomic E-state index is 0.00247. The van der Waals surface area contributed by atoms with Gasteiger partial charge in [0, 0.05) is 0 Å². The molecule has 1 aromatic heterocycles. The van der Waals surface area contributed by atoms with Gasteiger partial charge in [0.15, 0.2) is 0 Å². The Kier molecular flexibility index (Phi) is 4.96. The minimum atomic E-state index is -3.97. The van der Waals surface area contributed by atoms with E-state index in [1.165, 1.54) is 39.3 Å². The van der Waals surface area contributed by atoms with Gasteiger partial charge in [-0.05, 0) is 24.6 Å². The quantitative estimate of drug-likeness (QED) is 0.714. The standard InChI is InChI=1S/C17H17N3O7S/c1-9-13(16(22)26-2)11(18-14(9)17(23)27-3)8-20-15(21)10-6-4-5-7-12(10)28(24,25)19-20/h4-7,18-19H,8H2,1-3H3. The van der Waals surface area contributed by atoms with E-state index in [0.29, 0.717) is 0 Å². The molecule has 0 atom stereocenters. The fraction of sp³-hybridized carbons (Fsp3) is 0.235. The number of nitrogens with one attached hydrogen (secondary N) is 2. The molecule has 148 valence electrons. The Balaban J connectivity index is 2.06. The van der Waals surface area contributed by atoms with Crippen LogP contribution in [0.4, 0.5) is 0 Å². The molecule has 0 aliphatic carbocycles. The molecule has 3 rings (SSSR count). The number of esters is 2. The Morgan fingerprint density at radius 1 is 1.11 bits per heavy atom. The first kappa shape index (κ1) is 19.6. The van der Waals surface area contributed by atoms with E-state index >= 15 is 0 Å². The molecule has 1 amide bonds. The smallest absolute Gasteiger partial charge is 0.354 e. The molecule has 0 saturated carbocycles. The second-order valence-electron chi connectivity index (χ2n) is 5.94. The van der Waals surface area contributed by atoms with Gasteiger partial charge in [-0.25, -0.2) is 18.0 Å². The molecular weight excluding hydrogens is 390 g/mol. The van der Waals surface area contributed by atoms with Gasteiger partial charge in [0.1, 0.15) is 5.69 Å². The van der Waals surface area contributed by atoms with Crippen molar-refractivity contribution in [2.75, 3.05) is 14.2 Å². The molecule has 2 aromatic rings. The zero-order valence-corrected chi connectivity index (χ0v) is 16.0. The van der Waals surface area contributed by atoms with Crippen molar-refractivity contribution in [1.29, 1.82) is 0 Å². The Morgan fingerprint density at radius 2 is 1.75 bits per heavy atom. The van der Waals surface area contributed by atoms with Gasteiger partial charge in [-0.2, -0.15) is 0 Å². The van der Waals surface area contributed by atoms with Gasteiger partial charge in [-0.3, -0.25) is 9.80 Å². The summed E-state index contributed by atoms with van der Waals surface area (Å²) in [5, 5.41) is 0.844. The monoisotopic (exact) mass is 407 g/mol. The summed E-state index contributed by atoms with van der Waals surface area (Å²) in [6.45, 7) is 1.17. The zero-order chi connectivity index (χ0) is 20.6. The number of nitrogens with zero attached hydrogens (tertiary/aromatic N) is 1. The normalized spacial score (nSPS) is 15.1. The van der Waals surface area contributed by atoms with Gasteiger partial charge in [0.05, 0.1) is 42.5 Å². The Morgan fingerprint density at radius 3 is 2.39 bits per heavy atom. The number of aromatic amines is 1. The van der Waals surface area contributed by atoms with Crippen LogP contribution in [0.2, 0.25) is 0 Å². The molecule has 0 spiro atoms. The molecule has 28 heavy (non-hydrogen) atoms. The topological polar surface area (TPSA) is 135 Å². The maximum absolute atomic E-state index is 12.7. The van der Waals surface area contributed by atoms with Crippen LogP contribution < -0.4 is 4.83 Å². The van der Waals surface area contributed by atoms with Crippen LogP contribution in [0, 0.1) is 6.92 Å². The maximum Gasteiger partial charge on any atom is 0.354 e. The number of benzene rings is 1. The number of hydrogen-bond acceptors (Lipinski definition) is 7. The fourth-order valence-electron chi connectivity index (χ4n) is 2.98. The third-order valence-corrected chi connectivity index (χ3v) is 5.70. The predicted molar refractivity (Wildman–Crippen MR) is 94.8 cm³/mol. The number of rotatable bonds is 4. The Bertz CT molecular complexity index is 1090. The Hall–Kier alpha value is -3.18. The van der Waals surface area contributed by atoms with E-state index in [1.807, 2.05) is 0 Å². The molecule has 1 aliphatic heterocycles. The molecule has 10 nitrogen and oxygen atoms in total. The lowest BCUT2D eigenvalue weighted by atomic mass is 10.1. The number of sulfonamides is 1. The third kappa shape index (κ3) is 3.14. The van der Waals surface area contributed by atoms with Gasteiger partial charge in [-0.1, -0.05) is 12.1 Å². The molecule has 11 heteroatoms. The van der Waals surface area contributed by atoms with E-state index in [9.17, 15) is 22.8 Å². The Labute approximate surface area is 160 Å². The highest BCUT2D eigenvalue weighted by Crippen LogP contribution is 2.26. The highest BCUT2D eigenvalue weighted by molar-refractivity contribution is 7.89. The zero-order valence-electron chi connectivity index (χ0n) is 15.2. The number of amides is 1. The summed E-state index contributed by atoms with van der Waals surface area (Å²) in [5.41, 5.74) is 0.415. The van der Waals surface area contributed by atoms with Crippen LogP contribution in [0.3, 0.4) is 0 Å². The van der Waals surface area contributed by atoms with E-state index in [0.717, 1.165) is 5.01 Å². The third-order valence-electron chi connectivity index (χ3n) is 4.31. The van der Waals surface area contributed by atoms with Gasteiger partial charge in [-0.15, -0.1) is 4.83 Å². The number of methoxy groups -OCH3 is 2. The van der Waals surface area contributed by atoms with Crippen molar-refractivity contribution in [1.82, 2.24) is 14.8 Å². The van der Waals surface area contributed by atoms with Crippen molar-refractivity contribution in [2.24, 2.45) is 0 Å². The maximum atomic E-state index is 12.7. The summed E-state index contributed by atoms with van der Waals surface area (Å²) >= 11 is 0. The molecular formula is C17H17N3O7S. The molecule has 1 aliphatic rings. The lowest BCUT2D eigenvalue weighted by Gasteiger charge is -2.28.